The van der Waals surface area contributed by atoms with Gasteiger partial charge < -0.3 is 14.4 Å². The molecule has 33 heavy (non-hydrogen) atoms. The lowest BCUT2D eigenvalue weighted by Gasteiger charge is -2.26. The monoisotopic (exact) mass is 493 g/mol. The number of likely N-dealkylation sites (N-methyl/N-ethyl adjacent to an activating group) is 1. The fraction of sp³-hybridized carbons (Fsp3) is 0.348. The number of sulfone groups is 1. The van der Waals surface area contributed by atoms with Crippen molar-refractivity contribution >= 4 is 39.3 Å². The summed E-state index contributed by atoms with van der Waals surface area (Å²) >= 11 is 6.16. The molecule has 0 radical (unpaired) electrons. The first-order chi connectivity index (χ1) is 15.6. The van der Waals surface area contributed by atoms with Crippen molar-refractivity contribution in [3.8, 4) is 16.9 Å². The predicted molar refractivity (Wildman–Crippen MR) is 123 cm³/mol. The summed E-state index contributed by atoms with van der Waals surface area (Å²) in [6.07, 6.45) is 0.392. The number of benzene rings is 2. The molecular formula is C23H24ClNO7S. The molecule has 1 heterocycles. The van der Waals surface area contributed by atoms with Crippen molar-refractivity contribution in [1.29, 1.82) is 0 Å². The molecule has 176 valence electrons. The lowest BCUT2D eigenvalue weighted by Crippen LogP contribution is -2.43. The summed E-state index contributed by atoms with van der Waals surface area (Å²) in [6, 6.07) is 11.1. The zero-order valence-electron chi connectivity index (χ0n) is 18.2. The van der Waals surface area contributed by atoms with E-state index in [4.69, 9.17) is 21.1 Å². The van der Waals surface area contributed by atoms with Crippen LogP contribution in [-0.4, -0.2) is 61.9 Å². The quantitative estimate of drug-likeness (QED) is 0.430. The van der Waals surface area contributed by atoms with E-state index in [1.54, 1.807) is 49.4 Å². The first-order valence-electron chi connectivity index (χ1n) is 10.3. The summed E-state index contributed by atoms with van der Waals surface area (Å²) in [5.41, 5.74) is 1.80. The average Bonchev–Trinajstić information content (AvgIpc) is 3.13. The highest BCUT2D eigenvalue weighted by Crippen LogP contribution is 2.30. The molecule has 1 amide bonds. The Morgan fingerprint density at radius 1 is 1.09 bits per heavy atom. The number of rotatable bonds is 7. The summed E-state index contributed by atoms with van der Waals surface area (Å²) in [7, 11) is -3.13. The van der Waals surface area contributed by atoms with Crippen LogP contribution in [0.2, 0.25) is 5.02 Å². The summed E-state index contributed by atoms with van der Waals surface area (Å²) in [6.45, 7) is 2.92. The van der Waals surface area contributed by atoms with Gasteiger partial charge in [-0.25, -0.2) is 13.2 Å². The molecule has 1 aliphatic rings. The van der Waals surface area contributed by atoms with Crippen LogP contribution in [0.3, 0.4) is 0 Å². The number of carbonyl (C=O) groups is 3. The Morgan fingerprint density at radius 3 is 2.30 bits per heavy atom. The molecule has 1 saturated heterocycles. The zero-order valence-corrected chi connectivity index (χ0v) is 19.8. The van der Waals surface area contributed by atoms with E-state index in [-0.39, 0.29) is 33.9 Å². The number of halogens is 1. The van der Waals surface area contributed by atoms with Crippen LogP contribution < -0.4 is 4.74 Å². The molecule has 3 rings (SSSR count). The molecule has 0 saturated carbocycles. The molecule has 1 atom stereocenters. The fourth-order valence-electron chi connectivity index (χ4n) is 3.67. The lowest BCUT2D eigenvalue weighted by atomic mass is 10.0. The van der Waals surface area contributed by atoms with Crippen LogP contribution in [0.15, 0.2) is 42.5 Å². The molecule has 1 aliphatic heterocycles. The summed E-state index contributed by atoms with van der Waals surface area (Å²) in [5.74, 6) is -1.30. The maximum absolute atomic E-state index is 12.5. The van der Waals surface area contributed by atoms with Crippen molar-refractivity contribution in [2.24, 2.45) is 0 Å². The molecule has 1 fully saturated rings. The van der Waals surface area contributed by atoms with Gasteiger partial charge >= 0.3 is 11.9 Å². The minimum atomic E-state index is -3.13. The van der Waals surface area contributed by atoms with Gasteiger partial charge in [-0.05, 0) is 48.7 Å². The highest BCUT2D eigenvalue weighted by Gasteiger charge is 2.34. The standard InChI is InChI=1S/C23H24ClNO7S/c1-3-25(19-10-11-33(29,30)14-19)22(27)13-31-23(28)17-6-4-16(5-7-17)18-8-9-21(20(24)12-18)32-15(2)26/h4-9,12,19H,3,10-11,13-14H2,1-2H3/t19-/m0/s1. The first kappa shape index (κ1) is 24.7. The number of ether oxygens (including phenoxy) is 2. The fourth-order valence-corrected chi connectivity index (χ4v) is 5.62. The highest BCUT2D eigenvalue weighted by molar-refractivity contribution is 7.91. The van der Waals surface area contributed by atoms with Gasteiger partial charge in [0.25, 0.3) is 5.91 Å². The van der Waals surface area contributed by atoms with Gasteiger partial charge in [0.2, 0.25) is 0 Å². The van der Waals surface area contributed by atoms with Gasteiger partial charge in [-0.1, -0.05) is 29.8 Å². The molecule has 8 nitrogen and oxygen atoms in total. The lowest BCUT2D eigenvalue weighted by molar-refractivity contribution is -0.136. The number of hydrogen-bond acceptors (Lipinski definition) is 7. The van der Waals surface area contributed by atoms with E-state index in [9.17, 15) is 22.8 Å². The van der Waals surface area contributed by atoms with Crippen molar-refractivity contribution in [2.45, 2.75) is 26.3 Å². The third-order valence-electron chi connectivity index (χ3n) is 5.28. The second-order valence-corrected chi connectivity index (χ2v) is 10.3. The van der Waals surface area contributed by atoms with Crippen LogP contribution in [0, 0.1) is 0 Å². The maximum atomic E-state index is 12.5. The van der Waals surface area contributed by atoms with Gasteiger partial charge in [-0.15, -0.1) is 0 Å². The minimum absolute atomic E-state index is 0.0608. The van der Waals surface area contributed by atoms with Gasteiger partial charge in [-0.3, -0.25) is 9.59 Å². The van der Waals surface area contributed by atoms with Gasteiger partial charge in [0, 0.05) is 19.5 Å². The van der Waals surface area contributed by atoms with Crippen LogP contribution in [0.1, 0.15) is 30.6 Å². The maximum Gasteiger partial charge on any atom is 0.338 e. The number of carbonyl (C=O) groups excluding carboxylic acids is 3. The SMILES string of the molecule is CCN(C(=O)COC(=O)c1ccc(-c2ccc(OC(C)=O)c(Cl)c2)cc1)[C@H]1CCS(=O)(=O)C1. The van der Waals surface area contributed by atoms with Crippen LogP contribution in [0.4, 0.5) is 0 Å². The molecule has 0 N–H and O–H groups in total. The third kappa shape index (κ3) is 6.33. The Labute approximate surface area is 197 Å². The molecule has 0 spiro atoms. The Bertz CT molecular complexity index is 1160. The number of hydrogen-bond donors (Lipinski definition) is 0. The zero-order chi connectivity index (χ0) is 24.2. The largest absolute Gasteiger partial charge is 0.452 e. The Hall–Kier alpha value is -2.91. The van der Waals surface area contributed by atoms with Crippen molar-refractivity contribution < 1.29 is 32.3 Å². The van der Waals surface area contributed by atoms with Crippen LogP contribution in [0.5, 0.6) is 5.75 Å². The van der Waals surface area contributed by atoms with Crippen molar-refractivity contribution in [3.63, 3.8) is 0 Å². The smallest absolute Gasteiger partial charge is 0.338 e. The Balaban J connectivity index is 1.60. The van der Waals surface area contributed by atoms with Crippen molar-refractivity contribution in [1.82, 2.24) is 4.90 Å². The third-order valence-corrected chi connectivity index (χ3v) is 7.32. The van der Waals surface area contributed by atoms with Crippen molar-refractivity contribution in [2.75, 3.05) is 24.7 Å². The molecule has 2 aromatic carbocycles. The molecule has 2 aromatic rings. The normalized spacial score (nSPS) is 16.8. The first-order valence-corrected chi connectivity index (χ1v) is 12.5. The number of amides is 1. The van der Waals surface area contributed by atoms with Gasteiger partial charge in [0.05, 0.1) is 22.1 Å². The minimum Gasteiger partial charge on any atom is -0.452 e. The summed E-state index contributed by atoms with van der Waals surface area (Å²) in [4.78, 5) is 37.4. The van der Waals surface area contributed by atoms with Gasteiger partial charge in [0.1, 0.15) is 5.75 Å². The van der Waals surface area contributed by atoms with Crippen molar-refractivity contribution in [3.05, 3.63) is 53.1 Å². The van der Waals surface area contributed by atoms with E-state index in [1.807, 2.05) is 0 Å². The second-order valence-electron chi connectivity index (χ2n) is 7.63. The van der Waals surface area contributed by atoms with E-state index in [0.717, 1.165) is 11.1 Å². The molecule has 0 unspecified atom stereocenters. The highest BCUT2D eigenvalue weighted by atomic mass is 35.5. The summed E-state index contributed by atoms with van der Waals surface area (Å²) < 4.78 is 33.5. The van der Waals surface area contributed by atoms with E-state index < -0.39 is 34.3 Å². The Kier molecular flexibility index (Phi) is 7.76. The molecule has 0 bridgehead atoms. The van der Waals surface area contributed by atoms with E-state index in [2.05, 4.69) is 0 Å². The molecule has 10 heteroatoms. The summed E-state index contributed by atoms with van der Waals surface area (Å²) in [5, 5.41) is 0.278. The average molecular weight is 494 g/mol. The van der Waals surface area contributed by atoms with Crippen LogP contribution >= 0.6 is 11.6 Å². The molecule has 0 aromatic heterocycles. The van der Waals surface area contributed by atoms with Crippen LogP contribution in [-0.2, 0) is 24.2 Å². The molecule has 0 aliphatic carbocycles. The Morgan fingerprint density at radius 2 is 1.76 bits per heavy atom. The van der Waals surface area contributed by atoms with Crippen LogP contribution in [0.25, 0.3) is 11.1 Å². The van der Waals surface area contributed by atoms with Gasteiger partial charge in [-0.2, -0.15) is 0 Å². The van der Waals surface area contributed by atoms with E-state index in [1.165, 1.54) is 11.8 Å². The van der Waals surface area contributed by atoms with E-state index >= 15 is 0 Å². The second kappa shape index (κ2) is 10.4. The van der Waals surface area contributed by atoms with E-state index in [0.29, 0.717) is 13.0 Å². The number of nitrogens with zero attached hydrogens (tertiary/aromatic N) is 1. The topological polar surface area (TPSA) is 107 Å². The number of esters is 2. The molecular weight excluding hydrogens is 470 g/mol. The predicted octanol–water partition coefficient (Wildman–Crippen LogP) is 3.12. The van der Waals surface area contributed by atoms with Gasteiger partial charge in [0.15, 0.2) is 16.4 Å².